The lowest BCUT2D eigenvalue weighted by Gasteiger charge is -2.09. The Balaban J connectivity index is 4.07. The van der Waals surface area contributed by atoms with E-state index >= 15 is 0 Å². The van der Waals surface area contributed by atoms with E-state index in [9.17, 15) is 9.13 Å². The summed E-state index contributed by atoms with van der Waals surface area (Å²) in [4.78, 5) is 0. The summed E-state index contributed by atoms with van der Waals surface area (Å²) in [5, 5.41) is 0. The molecule has 0 aliphatic carbocycles. The maximum absolute atomic E-state index is 11.1. The molecule has 0 aliphatic heterocycles. The minimum absolute atomic E-state index is 0.403. The molecule has 0 fully saturated rings. The van der Waals surface area contributed by atoms with Gasteiger partial charge in [0.1, 0.15) is 0 Å². The van der Waals surface area contributed by atoms with Gasteiger partial charge in [0.15, 0.2) is 0 Å². The average molecular weight is 168 g/mol. The SMILES string of the molecule is CP(C)(=O)CP(C)(C)=O. The fourth-order valence-corrected chi connectivity index (χ4v) is 7.38. The van der Waals surface area contributed by atoms with Crippen LogP contribution in [0.1, 0.15) is 0 Å². The first-order chi connectivity index (χ1) is 3.71. The molecule has 0 rings (SSSR count). The van der Waals surface area contributed by atoms with Crippen molar-refractivity contribution < 1.29 is 9.13 Å². The van der Waals surface area contributed by atoms with Crippen LogP contribution in [0.2, 0.25) is 0 Å². The van der Waals surface area contributed by atoms with Crippen molar-refractivity contribution in [3.05, 3.63) is 0 Å². The van der Waals surface area contributed by atoms with Gasteiger partial charge in [0.2, 0.25) is 0 Å². The van der Waals surface area contributed by atoms with Gasteiger partial charge in [-0.15, -0.1) is 0 Å². The summed E-state index contributed by atoms with van der Waals surface area (Å²) in [5.41, 5.74) is 0. The predicted molar refractivity (Wildman–Crippen MR) is 43.8 cm³/mol. The van der Waals surface area contributed by atoms with Gasteiger partial charge in [-0.3, -0.25) is 0 Å². The lowest BCUT2D eigenvalue weighted by atomic mass is 11.8. The largest absolute Gasteiger partial charge is 0.324 e. The van der Waals surface area contributed by atoms with Gasteiger partial charge in [0.05, 0.1) is 20.2 Å². The van der Waals surface area contributed by atoms with E-state index in [0.717, 1.165) is 0 Å². The smallest absolute Gasteiger partial charge is 0.0889 e. The van der Waals surface area contributed by atoms with Gasteiger partial charge >= 0.3 is 0 Å². The van der Waals surface area contributed by atoms with Gasteiger partial charge in [0.25, 0.3) is 0 Å². The molecule has 0 aromatic heterocycles. The summed E-state index contributed by atoms with van der Waals surface area (Å²) in [7, 11) is -4.10. The maximum atomic E-state index is 11.1. The average Bonchev–Trinajstić information content (AvgIpc) is 1.14. The highest BCUT2D eigenvalue weighted by Gasteiger charge is 2.16. The molecule has 0 aliphatic rings. The molecule has 0 saturated carbocycles. The lowest BCUT2D eigenvalue weighted by molar-refractivity contribution is 0.577. The Morgan fingerprint density at radius 1 is 0.889 bits per heavy atom. The van der Waals surface area contributed by atoms with Crippen LogP contribution in [0.3, 0.4) is 0 Å². The number of hydrogen-bond acceptors (Lipinski definition) is 2. The molecule has 2 nitrogen and oxygen atoms in total. The predicted octanol–water partition coefficient (Wildman–Crippen LogP) is 2.19. The van der Waals surface area contributed by atoms with Crippen LogP contribution in [0.25, 0.3) is 0 Å². The molecule has 0 radical (unpaired) electrons. The zero-order valence-corrected chi connectivity index (χ0v) is 8.21. The van der Waals surface area contributed by atoms with Crippen molar-refractivity contribution >= 4 is 14.3 Å². The molecule has 0 heterocycles. The Bertz CT molecular complexity index is 153. The summed E-state index contributed by atoms with van der Waals surface area (Å²) >= 11 is 0. The van der Waals surface area contributed by atoms with E-state index in [-0.39, 0.29) is 0 Å². The highest BCUT2D eigenvalue weighted by atomic mass is 31.2. The van der Waals surface area contributed by atoms with E-state index in [1.807, 2.05) is 0 Å². The van der Waals surface area contributed by atoms with Crippen molar-refractivity contribution in [3.63, 3.8) is 0 Å². The second kappa shape index (κ2) is 2.60. The van der Waals surface area contributed by atoms with Gasteiger partial charge < -0.3 is 9.13 Å². The Morgan fingerprint density at radius 2 is 1.11 bits per heavy atom. The van der Waals surface area contributed by atoms with Crippen LogP contribution >= 0.6 is 14.3 Å². The monoisotopic (exact) mass is 168 g/mol. The molecule has 0 aromatic carbocycles. The van der Waals surface area contributed by atoms with Crippen LogP contribution in [0.5, 0.6) is 0 Å². The quantitative estimate of drug-likeness (QED) is 0.592. The van der Waals surface area contributed by atoms with E-state index < -0.39 is 14.3 Å². The molecule has 0 spiro atoms. The van der Waals surface area contributed by atoms with Crippen molar-refractivity contribution in [2.75, 3.05) is 32.6 Å². The van der Waals surface area contributed by atoms with Gasteiger partial charge in [-0.25, -0.2) is 0 Å². The standard InChI is InChI=1S/C5H14O2P2/c1-8(2,6)5-9(3,4)7/h5H2,1-4H3. The van der Waals surface area contributed by atoms with Crippen molar-refractivity contribution in [2.45, 2.75) is 0 Å². The van der Waals surface area contributed by atoms with Crippen molar-refractivity contribution in [1.29, 1.82) is 0 Å². The molecule has 56 valence electrons. The summed E-state index contributed by atoms with van der Waals surface area (Å²) in [6.07, 6.45) is 0. The van der Waals surface area contributed by atoms with Crippen LogP contribution in [0.15, 0.2) is 0 Å². The third-order valence-electron chi connectivity index (χ3n) is 0.681. The Morgan fingerprint density at radius 3 is 1.11 bits per heavy atom. The molecule has 0 saturated heterocycles. The van der Waals surface area contributed by atoms with Crippen LogP contribution in [0, 0.1) is 0 Å². The fourth-order valence-electron chi connectivity index (χ4n) is 0.820. The van der Waals surface area contributed by atoms with E-state index in [0.29, 0.717) is 5.90 Å². The van der Waals surface area contributed by atoms with Crippen LogP contribution in [0.4, 0.5) is 0 Å². The Labute approximate surface area is 56.8 Å². The first kappa shape index (κ1) is 9.46. The normalized spacial score (nSPS) is 13.8. The maximum Gasteiger partial charge on any atom is 0.0889 e. The lowest BCUT2D eigenvalue weighted by Crippen LogP contribution is -1.85. The third kappa shape index (κ3) is 8.46. The van der Waals surface area contributed by atoms with E-state index in [4.69, 9.17) is 0 Å². The van der Waals surface area contributed by atoms with Crippen LogP contribution in [-0.2, 0) is 9.13 Å². The molecular weight excluding hydrogens is 154 g/mol. The van der Waals surface area contributed by atoms with Crippen LogP contribution < -0.4 is 0 Å². The van der Waals surface area contributed by atoms with Crippen molar-refractivity contribution in [2.24, 2.45) is 0 Å². The molecular formula is C5H14O2P2. The molecule has 0 N–H and O–H groups in total. The molecule has 4 heteroatoms. The van der Waals surface area contributed by atoms with Crippen LogP contribution in [-0.4, -0.2) is 32.6 Å². The third-order valence-corrected chi connectivity index (χ3v) is 6.13. The summed E-state index contributed by atoms with van der Waals surface area (Å²) in [6, 6.07) is 0. The first-order valence-electron chi connectivity index (χ1n) is 2.79. The van der Waals surface area contributed by atoms with Gasteiger partial charge in [-0.2, -0.15) is 0 Å². The number of hydrogen-bond donors (Lipinski definition) is 0. The second-order valence-electron chi connectivity index (χ2n) is 3.29. The molecule has 9 heavy (non-hydrogen) atoms. The van der Waals surface area contributed by atoms with E-state index in [1.165, 1.54) is 0 Å². The molecule has 0 atom stereocenters. The van der Waals surface area contributed by atoms with Crippen molar-refractivity contribution in [1.82, 2.24) is 0 Å². The minimum atomic E-state index is -2.05. The van der Waals surface area contributed by atoms with Gasteiger partial charge in [0, 0.05) is 0 Å². The van der Waals surface area contributed by atoms with E-state index in [2.05, 4.69) is 0 Å². The minimum Gasteiger partial charge on any atom is -0.324 e. The summed E-state index contributed by atoms with van der Waals surface area (Å²) < 4.78 is 22.1. The van der Waals surface area contributed by atoms with Gasteiger partial charge in [-0.05, 0) is 26.7 Å². The first-order valence-corrected chi connectivity index (χ1v) is 8.36. The fraction of sp³-hybridized carbons (Fsp3) is 1.00. The molecule has 0 amide bonds. The molecule has 0 bridgehead atoms. The Hall–Kier alpha value is 0.460. The topological polar surface area (TPSA) is 34.1 Å². The zero-order chi connectivity index (χ0) is 7.71. The highest BCUT2D eigenvalue weighted by molar-refractivity contribution is 7.79. The summed E-state index contributed by atoms with van der Waals surface area (Å²) in [5.74, 6) is 0.403. The molecule has 0 aromatic rings. The summed E-state index contributed by atoms with van der Waals surface area (Å²) in [6.45, 7) is 6.69. The molecule has 0 unspecified atom stereocenters. The van der Waals surface area contributed by atoms with Crippen molar-refractivity contribution in [3.8, 4) is 0 Å². The second-order valence-corrected chi connectivity index (χ2v) is 10.7. The Kier molecular flexibility index (Phi) is 2.73. The van der Waals surface area contributed by atoms with Gasteiger partial charge in [-0.1, -0.05) is 0 Å². The number of rotatable bonds is 2. The zero-order valence-electron chi connectivity index (χ0n) is 6.42. The highest BCUT2D eigenvalue weighted by Crippen LogP contribution is 2.52. The van der Waals surface area contributed by atoms with E-state index in [1.54, 1.807) is 26.7 Å².